The van der Waals surface area contributed by atoms with Crippen LogP contribution in [0.15, 0.2) is 42.5 Å². The van der Waals surface area contributed by atoms with E-state index < -0.39 is 0 Å². The van der Waals surface area contributed by atoms with E-state index in [1.54, 1.807) is 6.07 Å². The lowest BCUT2D eigenvalue weighted by Gasteiger charge is -2.22. The van der Waals surface area contributed by atoms with Gasteiger partial charge in [-0.05, 0) is 56.7 Å². The fourth-order valence-electron chi connectivity index (χ4n) is 5.03. The number of hydrogen-bond donors (Lipinski definition) is 0. The summed E-state index contributed by atoms with van der Waals surface area (Å²) in [6.45, 7) is 4.76. The molecule has 2 aliphatic heterocycles. The molecule has 2 aromatic rings. The SMILES string of the molecule is CCC(=O)c1cc(C(=O)CCCCC2CCCCO2)cc2c1O[C@H](C)[C@H]2c1ccccc1. The van der Waals surface area contributed by atoms with E-state index in [0.717, 1.165) is 43.4 Å². The Hall–Kier alpha value is -2.46. The Labute approximate surface area is 191 Å². The van der Waals surface area contributed by atoms with Crippen molar-refractivity contribution >= 4 is 11.6 Å². The highest BCUT2D eigenvalue weighted by Gasteiger charge is 2.36. The maximum Gasteiger partial charge on any atom is 0.166 e. The van der Waals surface area contributed by atoms with Crippen LogP contribution in [0.25, 0.3) is 0 Å². The smallest absolute Gasteiger partial charge is 0.166 e. The molecule has 2 heterocycles. The third kappa shape index (κ3) is 4.96. The maximum atomic E-state index is 13.1. The Kier molecular flexibility index (Phi) is 7.41. The van der Waals surface area contributed by atoms with Gasteiger partial charge in [0, 0.05) is 36.5 Å². The average molecular weight is 435 g/mol. The number of ether oxygens (including phenoxy) is 2. The monoisotopic (exact) mass is 434 g/mol. The molecule has 32 heavy (non-hydrogen) atoms. The first-order chi connectivity index (χ1) is 15.6. The van der Waals surface area contributed by atoms with Gasteiger partial charge in [0.25, 0.3) is 0 Å². The summed E-state index contributed by atoms with van der Waals surface area (Å²) in [5.41, 5.74) is 3.29. The van der Waals surface area contributed by atoms with Crippen LogP contribution in [0.2, 0.25) is 0 Å². The fourth-order valence-corrected chi connectivity index (χ4v) is 5.03. The number of carbonyl (C=O) groups excluding carboxylic acids is 2. The van der Waals surface area contributed by atoms with Crippen molar-refractivity contribution in [2.75, 3.05) is 6.61 Å². The van der Waals surface area contributed by atoms with E-state index >= 15 is 0 Å². The second-order valence-corrected chi connectivity index (χ2v) is 9.09. The quantitative estimate of drug-likeness (QED) is 0.334. The van der Waals surface area contributed by atoms with Crippen molar-refractivity contribution < 1.29 is 19.1 Å². The summed E-state index contributed by atoms with van der Waals surface area (Å²) in [7, 11) is 0. The molecule has 3 atom stereocenters. The summed E-state index contributed by atoms with van der Waals surface area (Å²) in [5.74, 6) is 0.801. The van der Waals surface area contributed by atoms with Crippen molar-refractivity contribution in [1.29, 1.82) is 0 Å². The molecule has 0 N–H and O–H groups in total. The number of rotatable bonds is 9. The van der Waals surface area contributed by atoms with Gasteiger partial charge < -0.3 is 9.47 Å². The van der Waals surface area contributed by atoms with E-state index in [2.05, 4.69) is 12.1 Å². The van der Waals surface area contributed by atoms with Crippen LogP contribution < -0.4 is 4.74 Å². The number of ketones is 2. The van der Waals surface area contributed by atoms with E-state index in [4.69, 9.17) is 9.47 Å². The van der Waals surface area contributed by atoms with Crippen LogP contribution in [0.4, 0.5) is 0 Å². The molecule has 0 bridgehead atoms. The first-order valence-corrected chi connectivity index (χ1v) is 12.2. The van der Waals surface area contributed by atoms with E-state index in [-0.39, 0.29) is 23.6 Å². The van der Waals surface area contributed by atoms with Crippen LogP contribution >= 0.6 is 0 Å². The van der Waals surface area contributed by atoms with Gasteiger partial charge in [0.2, 0.25) is 0 Å². The number of carbonyl (C=O) groups is 2. The molecule has 1 unspecified atom stereocenters. The molecular formula is C28H34O4. The zero-order valence-corrected chi connectivity index (χ0v) is 19.3. The van der Waals surface area contributed by atoms with Crippen LogP contribution in [0, 0.1) is 0 Å². The van der Waals surface area contributed by atoms with Crippen molar-refractivity contribution in [3.63, 3.8) is 0 Å². The first kappa shape index (κ1) is 22.7. The van der Waals surface area contributed by atoms with Gasteiger partial charge in [0.05, 0.1) is 11.7 Å². The predicted octanol–water partition coefficient (Wildman–Crippen LogP) is 6.50. The first-order valence-electron chi connectivity index (χ1n) is 12.2. The second-order valence-electron chi connectivity index (χ2n) is 9.09. The summed E-state index contributed by atoms with van der Waals surface area (Å²) in [5, 5.41) is 0. The van der Waals surface area contributed by atoms with Gasteiger partial charge in [-0.3, -0.25) is 9.59 Å². The van der Waals surface area contributed by atoms with E-state index in [1.807, 2.05) is 38.1 Å². The molecule has 0 aliphatic carbocycles. The Bertz CT molecular complexity index is 943. The Morgan fingerprint density at radius 1 is 1.03 bits per heavy atom. The lowest BCUT2D eigenvalue weighted by Crippen LogP contribution is -2.18. The van der Waals surface area contributed by atoms with Gasteiger partial charge in [0.15, 0.2) is 11.6 Å². The fraction of sp³-hybridized carbons (Fsp3) is 0.500. The molecule has 170 valence electrons. The number of unbranched alkanes of at least 4 members (excludes halogenated alkanes) is 1. The second kappa shape index (κ2) is 10.4. The van der Waals surface area contributed by atoms with Gasteiger partial charge in [-0.15, -0.1) is 0 Å². The Balaban J connectivity index is 1.53. The summed E-state index contributed by atoms with van der Waals surface area (Å²) in [6.07, 6.45) is 7.58. The molecule has 4 nitrogen and oxygen atoms in total. The molecule has 4 heteroatoms. The number of Topliss-reactive ketones (excluding diaryl/α,β-unsaturated/α-hetero) is 2. The highest BCUT2D eigenvalue weighted by molar-refractivity contribution is 6.04. The molecule has 0 saturated carbocycles. The molecule has 1 saturated heterocycles. The average Bonchev–Trinajstić information content (AvgIpc) is 3.17. The maximum absolute atomic E-state index is 13.1. The predicted molar refractivity (Wildman–Crippen MR) is 126 cm³/mol. The largest absolute Gasteiger partial charge is 0.489 e. The van der Waals surface area contributed by atoms with Crippen molar-refractivity contribution in [2.24, 2.45) is 0 Å². The molecule has 0 amide bonds. The van der Waals surface area contributed by atoms with E-state index in [1.165, 1.54) is 12.8 Å². The van der Waals surface area contributed by atoms with Crippen LogP contribution in [-0.2, 0) is 4.74 Å². The van der Waals surface area contributed by atoms with Crippen LogP contribution in [0.5, 0.6) is 5.75 Å². The normalized spacial score (nSPS) is 22.2. The third-order valence-electron chi connectivity index (χ3n) is 6.78. The standard InChI is InChI=1S/C28H34O4/c1-3-25(29)23-17-21(26(30)15-8-7-13-22-14-9-10-16-31-22)18-24-27(19(2)32-28(23)24)20-11-5-4-6-12-20/h4-6,11-12,17-19,22,27H,3,7-10,13-16H2,1-2H3/t19-,22?,27+/m1/s1. The molecule has 0 aromatic heterocycles. The van der Waals surface area contributed by atoms with E-state index in [9.17, 15) is 9.59 Å². The summed E-state index contributed by atoms with van der Waals surface area (Å²) in [4.78, 5) is 25.8. The molecule has 0 radical (unpaired) electrons. The molecular weight excluding hydrogens is 400 g/mol. The zero-order chi connectivity index (χ0) is 22.5. The molecule has 1 fully saturated rings. The summed E-state index contributed by atoms with van der Waals surface area (Å²) >= 11 is 0. The zero-order valence-electron chi connectivity index (χ0n) is 19.3. The molecule has 4 rings (SSSR count). The summed E-state index contributed by atoms with van der Waals surface area (Å²) in [6, 6.07) is 13.9. The number of hydrogen-bond acceptors (Lipinski definition) is 4. The van der Waals surface area contributed by atoms with Gasteiger partial charge in [-0.25, -0.2) is 0 Å². The van der Waals surface area contributed by atoms with Crippen molar-refractivity contribution in [3.05, 3.63) is 64.7 Å². The lowest BCUT2D eigenvalue weighted by atomic mass is 9.85. The van der Waals surface area contributed by atoms with Gasteiger partial charge >= 0.3 is 0 Å². The number of benzene rings is 2. The van der Waals surface area contributed by atoms with E-state index in [0.29, 0.717) is 35.8 Å². The van der Waals surface area contributed by atoms with Gasteiger partial charge in [-0.1, -0.05) is 43.7 Å². The van der Waals surface area contributed by atoms with Crippen LogP contribution in [-0.4, -0.2) is 30.4 Å². The van der Waals surface area contributed by atoms with Gasteiger partial charge in [-0.2, -0.15) is 0 Å². The molecule has 2 aromatic carbocycles. The minimum atomic E-state index is -0.0864. The number of fused-ring (bicyclic) bond motifs is 1. The van der Waals surface area contributed by atoms with Crippen molar-refractivity contribution in [3.8, 4) is 5.75 Å². The van der Waals surface area contributed by atoms with Crippen LogP contribution in [0.3, 0.4) is 0 Å². The highest BCUT2D eigenvalue weighted by atomic mass is 16.5. The third-order valence-corrected chi connectivity index (χ3v) is 6.78. The topological polar surface area (TPSA) is 52.6 Å². The Morgan fingerprint density at radius 2 is 1.84 bits per heavy atom. The van der Waals surface area contributed by atoms with Gasteiger partial charge in [0.1, 0.15) is 11.9 Å². The highest BCUT2D eigenvalue weighted by Crippen LogP contribution is 2.45. The minimum absolute atomic E-state index is 0.0193. The van der Waals surface area contributed by atoms with Crippen LogP contribution in [0.1, 0.15) is 103 Å². The lowest BCUT2D eigenvalue weighted by molar-refractivity contribution is 0.00979. The molecule has 2 aliphatic rings. The minimum Gasteiger partial charge on any atom is -0.489 e. The Morgan fingerprint density at radius 3 is 2.56 bits per heavy atom. The molecule has 0 spiro atoms. The van der Waals surface area contributed by atoms with Crippen molar-refractivity contribution in [1.82, 2.24) is 0 Å². The summed E-state index contributed by atoms with van der Waals surface area (Å²) < 4.78 is 12.0. The van der Waals surface area contributed by atoms with Crippen molar-refractivity contribution in [2.45, 2.75) is 83.3 Å².